The molecule has 0 radical (unpaired) electrons. The number of anilines is 1. The van der Waals surface area contributed by atoms with Crippen LogP contribution in [0.3, 0.4) is 0 Å². The van der Waals surface area contributed by atoms with E-state index in [1.54, 1.807) is 17.2 Å². The van der Waals surface area contributed by atoms with E-state index in [1.807, 2.05) is 24.3 Å². The molecule has 3 aliphatic rings. The lowest BCUT2D eigenvalue weighted by molar-refractivity contribution is -0.193. The third-order valence-electron chi connectivity index (χ3n) is 7.39. The summed E-state index contributed by atoms with van der Waals surface area (Å²) < 4.78 is 40.8. The van der Waals surface area contributed by atoms with Crippen LogP contribution in [-0.2, 0) is 11.3 Å². The first-order valence-corrected chi connectivity index (χ1v) is 11.8. The van der Waals surface area contributed by atoms with Crippen LogP contribution in [0, 0.1) is 11.8 Å². The molecule has 3 heterocycles. The van der Waals surface area contributed by atoms with Gasteiger partial charge in [-0.05, 0) is 48.9 Å². The largest absolute Gasteiger partial charge is 0.415 e. The molecule has 2 N–H and O–H groups in total. The molecule has 5 rings (SSSR count). The van der Waals surface area contributed by atoms with E-state index in [4.69, 9.17) is 5.73 Å². The minimum absolute atomic E-state index is 0.0619. The summed E-state index contributed by atoms with van der Waals surface area (Å²) in [6.45, 7) is 4.58. The van der Waals surface area contributed by atoms with E-state index < -0.39 is 23.3 Å². The minimum Gasteiger partial charge on any atom is -0.353 e. The van der Waals surface area contributed by atoms with Crippen LogP contribution < -0.4 is 16.3 Å². The van der Waals surface area contributed by atoms with Gasteiger partial charge >= 0.3 is 11.9 Å². The zero-order valence-electron chi connectivity index (χ0n) is 19.5. The van der Waals surface area contributed by atoms with Crippen LogP contribution in [0.25, 0.3) is 5.69 Å². The van der Waals surface area contributed by atoms with E-state index in [1.165, 1.54) is 29.6 Å². The van der Waals surface area contributed by atoms with Gasteiger partial charge in [-0.2, -0.15) is 18.2 Å². The molecule has 1 aromatic carbocycles. The van der Waals surface area contributed by atoms with Crippen molar-refractivity contribution >= 4 is 11.7 Å². The number of hydrogen-bond donors (Lipinski definition) is 1. The molecule has 1 aliphatic carbocycles. The second kappa shape index (κ2) is 8.63. The highest BCUT2D eigenvalue weighted by atomic mass is 19.4. The summed E-state index contributed by atoms with van der Waals surface area (Å²) in [5, 5.41) is 0. The number of piperidine rings is 1. The van der Waals surface area contributed by atoms with Gasteiger partial charge in [-0.3, -0.25) is 14.3 Å². The maximum atomic E-state index is 13.1. The van der Waals surface area contributed by atoms with Crippen LogP contribution in [0.15, 0.2) is 41.3 Å². The first-order valence-electron chi connectivity index (χ1n) is 11.8. The molecule has 3 atom stereocenters. The number of benzene rings is 1. The first kappa shape index (κ1) is 23.8. The molecule has 188 valence electrons. The van der Waals surface area contributed by atoms with Gasteiger partial charge in [0.05, 0.1) is 5.69 Å². The maximum absolute atomic E-state index is 13.1. The predicted molar refractivity (Wildman–Crippen MR) is 124 cm³/mol. The van der Waals surface area contributed by atoms with Gasteiger partial charge in [0.25, 0.3) is 5.91 Å². The third-order valence-corrected chi connectivity index (χ3v) is 7.39. The Morgan fingerprint density at radius 2 is 1.69 bits per heavy atom. The average Bonchev–Trinajstić information content (AvgIpc) is 3.44. The first-order chi connectivity index (χ1) is 16.5. The van der Waals surface area contributed by atoms with E-state index in [2.05, 4.69) is 9.88 Å². The van der Waals surface area contributed by atoms with E-state index in [-0.39, 0.29) is 26.2 Å². The monoisotopic (exact) mass is 490 g/mol. The van der Waals surface area contributed by atoms with Crippen LogP contribution >= 0.6 is 0 Å². The van der Waals surface area contributed by atoms with Crippen molar-refractivity contribution in [2.24, 2.45) is 17.6 Å². The molecule has 8 nitrogen and oxygen atoms in total. The lowest BCUT2D eigenvalue weighted by atomic mass is 10.0. The molecule has 2 saturated heterocycles. The Morgan fingerprint density at radius 3 is 2.26 bits per heavy atom. The fraction of sp³-hybridized carbons (Fsp3) is 0.542. The van der Waals surface area contributed by atoms with Gasteiger partial charge in [-0.25, -0.2) is 4.79 Å². The summed E-state index contributed by atoms with van der Waals surface area (Å²) in [7, 11) is 0. The van der Waals surface area contributed by atoms with Gasteiger partial charge in [-0.1, -0.05) is 12.1 Å². The average molecular weight is 491 g/mol. The number of rotatable bonds is 5. The zero-order valence-corrected chi connectivity index (χ0v) is 19.5. The molecule has 1 amide bonds. The smallest absolute Gasteiger partial charge is 0.353 e. The summed E-state index contributed by atoms with van der Waals surface area (Å²) in [5.41, 5.74) is 3.82. The van der Waals surface area contributed by atoms with E-state index >= 15 is 0 Å². The Balaban J connectivity index is 1.20. The van der Waals surface area contributed by atoms with Crippen LogP contribution in [0.4, 0.5) is 19.0 Å². The Kier molecular flexibility index (Phi) is 5.87. The van der Waals surface area contributed by atoms with Gasteiger partial charge in [0.2, 0.25) is 0 Å². The number of carbonyl (C=O) groups is 1. The molecule has 0 spiro atoms. The summed E-state index contributed by atoms with van der Waals surface area (Å²) in [4.78, 5) is 34.5. The SMILES string of the molecule is CC(N)(C(=O)N1CCN(c2ccn(-c3ccc(CN4CC5CC5C4)cc3)c(=O)n2)CC1)C(F)(F)F. The number of carbonyl (C=O) groups excluding carboxylic acids is 1. The van der Waals surface area contributed by atoms with E-state index in [0.717, 1.165) is 23.3 Å². The molecule has 2 aromatic rings. The van der Waals surface area contributed by atoms with Crippen molar-refractivity contribution < 1.29 is 18.0 Å². The van der Waals surface area contributed by atoms with Gasteiger partial charge < -0.3 is 15.5 Å². The van der Waals surface area contributed by atoms with Gasteiger partial charge in [0.15, 0.2) is 5.54 Å². The Labute approximate surface area is 201 Å². The molecule has 2 aliphatic heterocycles. The van der Waals surface area contributed by atoms with Crippen molar-refractivity contribution in [1.82, 2.24) is 19.4 Å². The fourth-order valence-corrected chi connectivity index (χ4v) is 5.00. The number of likely N-dealkylation sites (tertiary alicyclic amines) is 1. The standard InChI is InChI=1S/C24H29F3N6O2/c1-23(28,24(25,26)27)21(34)32-10-8-31(9-11-32)20-6-7-33(22(35)29-20)19-4-2-16(3-5-19)13-30-14-17-12-18(17)15-30/h2-7,17-18H,8-15,28H2,1H3. The molecule has 0 bridgehead atoms. The second-order valence-electron chi connectivity index (χ2n) is 10.0. The van der Waals surface area contributed by atoms with Crippen molar-refractivity contribution in [1.29, 1.82) is 0 Å². The van der Waals surface area contributed by atoms with Crippen LogP contribution in [0.1, 0.15) is 18.9 Å². The van der Waals surface area contributed by atoms with Gasteiger partial charge in [0.1, 0.15) is 5.82 Å². The van der Waals surface area contributed by atoms with Gasteiger partial charge in [0, 0.05) is 52.0 Å². The Bertz CT molecular complexity index is 1150. The normalized spacial score (nSPS) is 24.3. The van der Waals surface area contributed by atoms with Crippen molar-refractivity contribution in [2.75, 3.05) is 44.2 Å². The van der Waals surface area contributed by atoms with E-state index in [0.29, 0.717) is 18.4 Å². The Morgan fingerprint density at radius 1 is 1.06 bits per heavy atom. The number of alkyl halides is 3. The number of hydrogen-bond acceptors (Lipinski definition) is 6. The van der Waals surface area contributed by atoms with Crippen molar-refractivity contribution in [3.8, 4) is 5.69 Å². The highest BCUT2D eigenvalue weighted by molar-refractivity contribution is 5.87. The quantitative estimate of drug-likeness (QED) is 0.686. The van der Waals surface area contributed by atoms with Crippen LogP contribution in [-0.4, -0.2) is 76.2 Å². The third kappa shape index (κ3) is 4.66. The summed E-state index contributed by atoms with van der Waals surface area (Å²) in [6.07, 6.45) is -1.81. The maximum Gasteiger partial charge on any atom is 0.415 e. The molecule has 1 aromatic heterocycles. The number of nitrogens with two attached hydrogens (primary N) is 1. The highest BCUT2D eigenvalue weighted by Gasteiger charge is 2.55. The van der Waals surface area contributed by atoms with Crippen molar-refractivity contribution in [3.63, 3.8) is 0 Å². The minimum atomic E-state index is -4.83. The number of aromatic nitrogens is 2. The van der Waals surface area contributed by atoms with Crippen LogP contribution in [0.2, 0.25) is 0 Å². The number of nitrogens with zero attached hydrogens (tertiary/aromatic N) is 5. The van der Waals surface area contributed by atoms with Crippen molar-refractivity contribution in [2.45, 2.75) is 31.6 Å². The molecule has 35 heavy (non-hydrogen) atoms. The predicted octanol–water partition coefficient (Wildman–Crippen LogP) is 1.61. The van der Waals surface area contributed by atoms with Gasteiger partial charge in [-0.15, -0.1) is 0 Å². The topological polar surface area (TPSA) is 87.7 Å². The highest BCUT2D eigenvalue weighted by Crippen LogP contribution is 2.45. The molecular formula is C24H29F3N6O2. The molecule has 3 fully saturated rings. The number of halogens is 3. The number of piperazine rings is 1. The summed E-state index contributed by atoms with van der Waals surface area (Å²) in [5.74, 6) is 1.05. The van der Waals surface area contributed by atoms with Crippen LogP contribution in [0.5, 0.6) is 0 Å². The molecule has 11 heteroatoms. The lowest BCUT2D eigenvalue weighted by Gasteiger charge is -2.39. The van der Waals surface area contributed by atoms with E-state index in [9.17, 15) is 22.8 Å². The number of fused-ring (bicyclic) bond motifs is 1. The summed E-state index contributed by atoms with van der Waals surface area (Å²) in [6, 6.07) is 9.57. The Hall–Kier alpha value is -2.92. The molecule has 3 unspecified atom stereocenters. The molecule has 1 saturated carbocycles. The summed E-state index contributed by atoms with van der Waals surface area (Å²) >= 11 is 0. The van der Waals surface area contributed by atoms with Crippen molar-refractivity contribution in [3.05, 3.63) is 52.6 Å². The lowest BCUT2D eigenvalue weighted by Crippen LogP contribution is -2.64. The fourth-order valence-electron chi connectivity index (χ4n) is 5.00. The number of amides is 1. The zero-order chi connectivity index (χ0) is 25.0. The second-order valence-corrected chi connectivity index (χ2v) is 10.0. The molecular weight excluding hydrogens is 461 g/mol.